The predicted octanol–water partition coefficient (Wildman–Crippen LogP) is 3.62. The number of hydrogen-bond acceptors (Lipinski definition) is 6. The van der Waals surface area contributed by atoms with Gasteiger partial charge in [-0.25, -0.2) is 0 Å². The third-order valence-electron chi connectivity index (χ3n) is 6.45. The van der Waals surface area contributed by atoms with Gasteiger partial charge in [-0.15, -0.1) is 6.58 Å². The summed E-state index contributed by atoms with van der Waals surface area (Å²) in [5, 5.41) is 11.5. The van der Waals surface area contributed by atoms with Gasteiger partial charge in [-0.2, -0.15) is 0 Å². The monoisotopic (exact) mass is 490 g/mol. The number of ether oxygens (including phenoxy) is 2. The highest BCUT2D eigenvalue weighted by atomic mass is 16.5. The van der Waals surface area contributed by atoms with Crippen molar-refractivity contribution in [2.24, 2.45) is 0 Å². The largest absolute Gasteiger partial charge is 0.507 e. The number of benzene rings is 2. The standard InChI is InChI=1S/C28H30N2O6/c1-4-15-29-22-10-7-6-9-21(22)28(27(29)34)23(25(32)26(33)30(28)16-8-18-35-3)24(31)19-11-13-20(14-12-19)36-17-5-2/h4,6-7,9-14,31H,1,5,8,15-18H2,2-3H3/b24-23-/t28-/m0/s1. The molecule has 0 unspecified atom stereocenters. The molecule has 1 atom stereocenters. The summed E-state index contributed by atoms with van der Waals surface area (Å²) < 4.78 is 10.8. The molecule has 0 aromatic heterocycles. The van der Waals surface area contributed by atoms with Gasteiger partial charge in [0.1, 0.15) is 11.5 Å². The van der Waals surface area contributed by atoms with Gasteiger partial charge in [0, 0.05) is 37.9 Å². The van der Waals surface area contributed by atoms with Crippen LogP contribution in [0.4, 0.5) is 5.69 Å². The highest BCUT2D eigenvalue weighted by Gasteiger charge is 2.66. The van der Waals surface area contributed by atoms with E-state index in [1.54, 1.807) is 61.7 Å². The SMILES string of the molecule is C=CCN1C(=O)[C@@]2(/C(=C(\O)c3ccc(OCCC)cc3)C(=O)C(=O)N2CCCOC)c2ccccc21. The molecule has 0 aliphatic carbocycles. The number of carbonyl (C=O) groups excluding carboxylic acids is 3. The molecule has 188 valence electrons. The van der Waals surface area contributed by atoms with Gasteiger partial charge in [-0.3, -0.25) is 14.4 Å². The van der Waals surface area contributed by atoms with Crippen molar-refractivity contribution in [3.8, 4) is 5.75 Å². The van der Waals surface area contributed by atoms with Gasteiger partial charge < -0.3 is 24.4 Å². The normalized spacial score (nSPS) is 20.3. The fraction of sp³-hybridized carbons (Fsp3) is 0.321. The first-order chi connectivity index (χ1) is 17.4. The number of fused-ring (bicyclic) bond motifs is 2. The lowest BCUT2D eigenvalue weighted by Gasteiger charge is -2.34. The van der Waals surface area contributed by atoms with E-state index in [2.05, 4.69) is 6.58 Å². The number of anilines is 1. The number of methoxy groups -OCH3 is 1. The third kappa shape index (κ3) is 3.87. The van der Waals surface area contributed by atoms with Gasteiger partial charge in [0.05, 0.1) is 17.9 Å². The molecule has 1 fully saturated rings. The van der Waals surface area contributed by atoms with Crippen LogP contribution in [-0.4, -0.2) is 61.0 Å². The maximum absolute atomic E-state index is 14.2. The average Bonchev–Trinajstić information content (AvgIpc) is 3.27. The van der Waals surface area contributed by atoms with Crippen LogP contribution in [0.1, 0.15) is 30.9 Å². The topological polar surface area (TPSA) is 96.4 Å². The number of hydrogen-bond donors (Lipinski definition) is 1. The number of likely N-dealkylation sites (tertiary alicyclic amines) is 1. The van der Waals surface area contributed by atoms with E-state index in [-0.39, 0.29) is 18.7 Å². The van der Waals surface area contributed by atoms with Crippen LogP contribution in [-0.2, 0) is 24.7 Å². The Balaban J connectivity index is 1.94. The number of Topliss-reactive ketones (excluding diaryl/α,β-unsaturated/α-hetero) is 1. The number of nitrogens with zero attached hydrogens (tertiary/aromatic N) is 2. The minimum Gasteiger partial charge on any atom is -0.507 e. The molecule has 0 radical (unpaired) electrons. The fourth-order valence-electron chi connectivity index (χ4n) is 4.92. The van der Waals surface area contributed by atoms with Crippen molar-refractivity contribution in [3.05, 3.63) is 77.9 Å². The Bertz CT molecular complexity index is 1220. The zero-order valence-electron chi connectivity index (χ0n) is 20.5. The summed E-state index contributed by atoms with van der Waals surface area (Å²) in [7, 11) is 1.54. The number of aliphatic hydroxyl groups is 1. The number of ketones is 1. The van der Waals surface area contributed by atoms with Crippen LogP contribution in [0.5, 0.6) is 5.75 Å². The Kier molecular flexibility index (Phi) is 7.26. The van der Waals surface area contributed by atoms with Crippen molar-refractivity contribution in [1.29, 1.82) is 0 Å². The first-order valence-electron chi connectivity index (χ1n) is 12.0. The summed E-state index contributed by atoms with van der Waals surface area (Å²) >= 11 is 0. The molecule has 2 aromatic rings. The Morgan fingerprint density at radius 1 is 1.08 bits per heavy atom. The van der Waals surface area contributed by atoms with Crippen molar-refractivity contribution in [1.82, 2.24) is 4.90 Å². The molecule has 1 N–H and O–H groups in total. The lowest BCUT2D eigenvalue weighted by atomic mass is 9.82. The molecule has 8 heteroatoms. The van der Waals surface area contributed by atoms with Gasteiger partial charge in [0.15, 0.2) is 5.54 Å². The van der Waals surface area contributed by atoms with Gasteiger partial charge >= 0.3 is 0 Å². The molecular formula is C28H30N2O6. The summed E-state index contributed by atoms with van der Waals surface area (Å²) in [6, 6.07) is 13.6. The first kappa shape index (κ1) is 25.2. The fourth-order valence-corrected chi connectivity index (χ4v) is 4.92. The molecule has 2 aliphatic rings. The van der Waals surface area contributed by atoms with Crippen LogP contribution in [0.25, 0.3) is 5.76 Å². The van der Waals surface area contributed by atoms with Crippen molar-refractivity contribution < 1.29 is 29.0 Å². The Labute approximate surface area is 210 Å². The lowest BCUT2D eigenvalue weighted by Crippen LogP contribution is -2.52. The number of para-hydroxylation sites is 1. The molecule has 2 aliphatic heterocycles. The third-order valence-corrected chi connectivity index (χ3v) is 6.45. The zero-order chi connectivity index (χ0) is 25.9. The Morgan fingerprint density at radius 2 is 1.81 bits per heavy atom. The summed E-state index contributed by atoms with van der Waals surface area (Å²) in [5.74, 6) is -2.01. The van der Waals surface area contributed by atoms with Gasteiger partial charge in [-0.05, 0) is 43.2 Å². The summed E-state index contributed by atoms with van der Waals surface area (Å²) in [6.45, 7) is 6.92. The maximum Gasteiger partial charge on any atom is 0.296 e. The number of carbonyl (C=O) groups is 3. The summed E-state index contributed by atoms with van der Waals surface area (Å²) in [4.78, 5) is 43.8. The highest BCUT2D eigenvalue weighted by molar-refractivity contribution is 6.50. The first-order valence-corrected chi connectivity index (χ1v) is 12.0. The zero-order valence-corrected chi connectivity index (χ0v) is 20.5. The molecule has 1 saturated heterocycles. The second-order valence-electron chi connectivity index (χ2n) is 8.66. The predicted molar refractivity (Wildman–Crippen MR) is 136 cm³/mol. The van der Waals surface area contributed by atoms with Crippen molar-refractivity contribution in [2.45, 2.75) is 25.3 Å². The average molecular weight is 491 g/mol. The van der Waals surface area contributed by atoms with Crippen LogP contribution < -0.4 is 9.64 Å². The van der Waals surface area contributed by atoms with Crippen molar-refractivity contribution in [2.75, 3.05) is 38.3 Å². The number of amides is 2. The van der Waals surface area contributed by atoms with E-state index in [9.17, 15) is 19.5 Å². The van der Waals surface area contributed by atoms with E-state index >= 15 is 0 Å². The molecule has 36 heavy (non-hydrogen) atoms. The van der Waals surface area contributed by atoms with Crippen LogP contribution in [0.2, 0.25) is 0 Å². The van der Waals surface area contributed by atoms with Gasteiger partial charge in [0.25, 0.3) is 17.6 Å². The second-order valence-corrected chi connectivity index (χ2v) is 8.66. The molecule has 0 saturated carbocycles. The molecule has 2 amide bonds. The van der Waals surface area contributed by atoms with E-state index < -0.39 is 28.9 Å². The molecular weight excluding hydrogens is 460 g/mol. The second kappa shape index (κ2) is 10.4. The van der Waals surface area contributed by atoms with E-state index in [0.29, 0.717) is 42.2 Å². The summed E-state index contributed by atoms with van der Waals surface area (Å²) in [5.41, 5.74) is -0.687. The van der Waals surface area contributed by atoms with Crippen LogP contribution in [0.3, 0.4) is 0 Å². The molecule has 2 heterocycles. The molecule has 0 bridgehead atoms. The van der Waals surface area contributed by atoms with E-state index in [0.717, 1.165) is 6.42 Å². The minimum atomic E-state index is -1.79. The lowest BCUT2D eigenvalue weighted by molar-refractivity contribution is -0.143. The van der Waals surface area contributed by atoms with Crippen LogP contribution >= 0.6 is 0 Å². The van der Waals surface area contributed by atoms with Crippen LogP contribution in [0, 0.1) is 0 Å². The molecule has 2 aromatic carbocycles. The highest BCUT2D eigenvalue weighted by Crippen LogP contribution is 2.53. The van der Waals surface area contributed by atoms with Crippen molar-refractivity contribution in [3.63, 3.8) is 0 Å². The van der Waals surface area contributed by atoms with Gasteiger partial charge in [0.2, 0.25) is 0 Å². The molecule has 1 spiro atoms. The summed E-state index contributed by atoms with van der Waals surface area (Å²) in [6.07, 6.45) is 2.84. The van der Waals surface area contributed by atoms with E-state index in [1.165, 1.54) is 9.80 Å². The van der Waals surface area contributed by atoms with E-state index in [4.69, 9.17) is 9.47 Å². The van der Waals surface area contributed by atoms with E-state index in [1.807, 2.05) is 6.92 Å². The van der Waals surface area contributed by atoms with Crippen LogP contribution in [0.15, 0.2) is 66.8 Å². The van der Waals surface area contributed by atoms with Crippen molar-refractivity contribution >= 4 is 29.0 Å². The molecule has 8 nitrogen and oxygen atoms in total. The number of aliphatic hydroxyl groups excluding tert-OH is 1. The maximum atomic E-state index is 14.2. The smallest absolute Gasteiger partial charge is 0.296 e. The van der Waals surface area contributed by atoms with Gasteiger partial charge in [-0.1, -0.05) is 31.2 Å². The Morgan fingerprint density at radius 3 is 2.47 bits per heavy atom. The molecule has 4 rings (SSSR count). The Hall–Kier alpha value is -3.91. The quantitative estimate of drug-likeness (QED) is 0.180. The minimum absolute atomic E-state index is 0.0982. The number of rotatable bonds is 10.